The van der Waals surface area contributed by atoms with Crippen LogP contribution in [0.3, 0.4) is 0 Å². The van der Waals surface area contributed by atoms with E-state index >= 15 is 0 Å². The van der Waals surface area contributed by atoms with Crippen LogP contribution in [0.25, 0.3) is 21.3 Å². The van der Waals surface area contributed by atoms with Gasteiger partial charge in [0.25, 0.3) is 5.92 Å². The largest absolute Gasteiger partial charge is 0.371 e. The fraction of sp³-hybridized carbons (Fsp3) is 0.478. The molecule has 2 aliphatic heterocycles. The number of aryl methyl sites for hydroxylation is 1. The second kappa shape index (κ2) is 7.79. The molecule has 0 unspecified atom stereocenters. The Bertz CT molecular complexity index is 1210. The summed E-state index contributed by atoms with van der Waals surface area (Å²) < 4.78 is 27.9. The first-order valence-corrected chi connectivity index (χ1v) is 13.1. The number of alkyl halides is 2. The Hall–Kier alpha value is -1.95. The standard InChI is InChI=1S/C23H23F2IN6S/c1-14-10-17(28-21(27-14)32-12-23(24,25)13-32)20-30-29-19(33-20)16-3-2-15(26)11-18(16)31-8-6-22(4-5-22)7-9-31/h2-3,10-11H,4-9,12-13H2,1H3. The van der Waals surface area contributed by atoms with Gasteiger partial charge < -0.3 is 9.80 Å². The van der Waals surface area contributed by atoms with E-state index in [9.17, 15) is 8.78 Å². The van der Waals surface area contributed by atoms with E-state index in [2.05, 4.69) is 65.9 Å². The van der Waals surface area contributed by atoms with E-state index in [1.807, 2.05) is 13.0 Å². The van der Waals surface area contributed by atoms with Crippen LogP contribution in [-0.4, -0.2) is 52.3 Å². The fourth-order valence-corrected chi connectivity index (χ4v) is 6.05. The Balaban J connectivity index is 1.30. The van der Waals surface area contributed by atoms with E-state index in [1.54, 1.807) is 0 Å². The molecule has 1 aliphatic carbocycles. The number of anilines is 2. The highest BCUT2D eigenvalue weighted by molar-refractivity contribution is 14.1. The highest BCUT2D eigenvalue weighted by Gasteiger charge is 2.46. The Kier molecular flexibility index (Phi) is 5.09. The van der Waals surface area contributed by atoms with Gasteiger partial charge in [-0.25, -0.2) is 18.7 Å². The van der Waals surface area contributed by atoms with Gasteiger partial charge in [0.2, 0.25) is 5.95 Å². The van der Waals surface area contributed by atoms with Crippen molar-refractivity contribution in [3.63, 3.8) is 0 Å². The van der Waals surface area contributed by atoms with Gasteiger partial charge >= 0.3 is 0 Å². The van der Waals surface area contributed by atoms with Crippen LogP contribution in [-0.2, 0) is 0 Å². The van der Waals surface area contributed by atoms with Gasteiger partial charge in [0.05, 0.1) is 13.1 Å². The van der Waals surface area contributed by atoms with Crippen LogP contribution >= 0.6 is 33.9 Å². The molecule has 6 nitrogen and oxygen atoms in total. The number of halogens is 3. The monoisotopic (exact) mass is 580 g/mol. The van der Waals surface area contributed by atoms with Gasteiger partial charge in [-0.05, 0) is 84.9 Å². The first-order chi connectivity index (χ1) is 15.8. The molecule has 1 aromatic carbocycles. The number of piperidine rings is 1. The van der Waals surface area contributed by atoms with Crippen LogP contribution in [0, 0.1) is 15.9 Å². The molecule has 3 fully saturated rings. The minimum absolute atomic E-state index is 0.324. The zero-order chi connectivity index (χ0) is 22.8. The maximum absolute atomic E-state index is 13.3. The molecular formula is C23H23F2IN6S. The molecule has 0 bridgehead atoms. The zero-order valence-electron chi connectivity index (χ0n) is 18.2. The van der Waals surface area contributed by atoms with E-state index < -0.39 is 5.92 Å². The molecule has 3 aromatic rings. The van der Waals surface area contributed by atoms with Crippen molar-refractivity contribution in [1.29, 1.82) is 0 Å². The van der Waals surface area contributed by atoms with Gasteiger partial charge in [0, 0.05) is 33.6 Å². The predicted octanol–water partition coefficient (Wildman–Crippen LogP) is 5.41. The Morgan fingerprint density at radius 3 is 2.36 bits per heavy atom. The third kappa shape index (κ3) is 4.20. The number of rotatable bonds is 4. The number of benzene rings is 1. The Morgan fingerprint density at radius 1 is 0.939 bits per heavy atom. The molecule has 3 aliphatic rings. The third-order valence-corrected chi connectivity index (χ3v) is 8.58. The minimum atomic E-state index is -2.67. The molecule has 0 N–H and O–H groups in total. The van der Waals surface area contributed by atoms with Crippen molar-refractivity contribution in [3.05, 3.63) is 33.5 Å². The van der Waals surface area contributed by atoms with Crippen molar-refractivity contribution < 1.29 is 8.78 Å². The van der Waals surface area contributed by atoms with Crippen LogP contribution < -0.4 is 9.80 Å². The van der Waals surface area contributed by atoms with Crippen LogP contribution in [0.4, 0.5) is 20.4 Å². The molecule has 2 aromatic heterocycles. The molecular weight excluding hydrogens is 557 g/mol. The van der Waals surface area contributed by atoms with Crippen LogP contribution in [0.15, 0.2) is 24.3 Å². The predicted molar refractivity (Wildman–Crippen MR) is 134 cm³/mol. The van der Waals surface area contributed by atoms with E-state index in [-0.39, 0.29) is 13.1 Å². The van der Waals surface area contributed by atoms with Crippen LogP contribution in [0.5, 0.6) is 0 Å². The van der Waals surface area contributed by atoms with Gasteiger partial charge in [-0.15, -0.1) is 10.2 Å². The van der Waals surface area contributed by atoms with E-state index in [0.29, 0.717) is 22.1 Å². The van der Waals surface area contributed by atoms with Gasteiger partial charge in [-0.2, -0.15) is 0 Å². The number of aromatic nitrogens is 4. The Morgan fingerprint density at radius 2 is 1.67 bits per heavy atom. The van der Waals surface area contributed by atoms with Crippen molar-refractivity contribution in [2.75, 3.05) is 36.0 Å². The average molecular weight is 580 g/mol. The first kappa shape index (κ1) is 21.6. The summed E-state index contributed by atoms with van der Waals surface area (Å²) in [4.78, 5) is 12.9. The van der Waals surface area contributed by atoms with Crippen molar-refractivity contribution in [3.8, 4) is 21.3 Å². The summed E-state index contributed by atoms with van der Waals surface area (Å²) in [7, 11) is 0. The highest BCUT2D eigenvalue weighted by Crippen LogP contribution is 2.54. The van der Waals surface area contributed by atoms with E-state index in [4.69, 9.17) is 0 Å². The van der Waals surface area contributed by atoms with Gasteiger partial charge in [0.1, 0.15) is 10.7 Å². The molecule has 10 heteroatoms. The maximum atomic E-state index is 13.3. The van der Waals surface area contributed by atoms with E-state index in [1.165, 1.54) is 51.2 Å². The van der Waals surface area contributed by atoms with Gasteiger partial charge in [0.15, 0.2) is 5.01 Å². The summed E-state index contributed by atoms with van der Waals surface area (Å²) in [6, 6.07) is 8.30. The quantitative estimate of drug-likeness (QED) is 0.385. The second-order valence-electron chi connectivity index (χ2n) is 9.47. The van der Waals surface area contributed by atoms with Crippen molar-refractivity contribution >= 4 is 45.6 Å². The summed E-state index contributed by atoms with van der Waals surface area (Å²) in [5, 5.41) is 10.4. The highest BCUT2D eigenvalue weighted by atomic mass is 127. The van der Waals surface area contributed by atoms with Crippen molar-refractivity contribution in [1.82, 2.24) is 20.2 Å². The lowest BCUT2D eigenvalue weighted by Gasteiger charge is -2.38. The summed E-state index contributed by atoms with van der Waals surface area (Å²) in [6.45, 7) is 3.30. The first-order valence-electron chi connectivity index (χ1n) is 11.2. The minimum Gasteiger partial charge on any atom is -0.371 e. The molecule has 172 valence electrons. The normalized spacial score (nSPS) is 20.7. The number of nitrogens with zero attached hydrogens (tertiary/aromatic N) is 6. The fourth-order valence-electron chi connectivity index (χ4n) is 4.74. The lowest BCUT2D eigenvalue weighted by atomic mass is 9.93. The van der Waals surface area contributed by atoms with Crippen LogP contribution in [0.2, 0.25) is 0 Å². The molecule has 0 amide bonds. The molecule has 6 rings (SSSR count). The zero-order valence-corrected chi connectivity index (χ0v) is 21.2. The topological polar surface area (TPSA) is 58.0 Å². The second-order valence-corrected chi connectivity index (χ2v) is 11.7. The summed E-state index contributed by atoms with van der Waals surface area (Å²) in [5.41, 5.74) is 4.26. The number of hydrogen-bond acceptors (Lipinski definition) is 7. The SMILES string of the molecule is Cc1cc(-c2nnc(-c3ccc(I)cc3N3CCC4(CC3)CC4)s2)nc(N2CC(F)(F)C2)n1. The lowest BCUT2D eigenvalue weighted by molar-refractivity contribution is -0.0271. The maximum Gasteiger partial charge on any atom is 0.282 e. The van der Waals surface area contributed by atoms with E-state index in [0.717, 1.165) is 29.4 Å². The van der Waals surface area contributed by atoms with Crippen LogP contribution in [0.1, 0.15) is 31.4 Å². The number of hydrogen-bond donors (Lipinski definition) is 0. The summed E-state index contributed by atoms with van der Waals surface area (Å²) in [6.07, 6.45) is 5.29. The molecule has 1 saturated carbocycles. The third-order valence-electron chi connectivity index (χ3n) is 6.93. The van der Waals surface area contributed by atoms with Gasteiger partial charge in [-0.1, -0.05) is 11.3 Å². The van der Waals surface area contributed by atoms with Crippen molar-refractivity contribution in [2.45, 2.75) is 38.5 Å². The Labute approximate surface area is 208 Å². The molecule has 4 heterocycles. The van der Waals surface area contributed by atoms with Gasteiger partial charge in [-0.3, -0.25) is 0 Å². The molecule has 33 heavy (non-hydrogen) atoms. The smallest absolute Gasteiger partial charge is 0.282 e. The molecule has 1 spiro atoms. The molecule has 2 saturated heterocycles. The molecule has 0 radical (unpaired) electrons. The summed E-state index contributed by atoms with van der Waals surface area (Å²) in [5.74, 6) is -2.34. The average Bonchev–Trinajstić information content (AvgIpc) is 3.33. The lowest BCUT2D eigenvalue weighted by Crippen LogP contribution is -2.57. The summed E-state index contributed by atoms with van der Waals surface area (Å²) >= 11 is 3.84. The van der Waals surface area contributed by atoms with Crippen molar-refractivity contribution in [2.24, 2.45) is 5.41 Å². The molecule has 0 atom stereocenters.